The van der Waals surface area contributed by atoms with Crippen molar-refractivity contribution < 1.29 is 80.2 Å². The summed E-state index contributed by atoms with van der Waals surface area (Å²) in [6.45, 7) is 9.43. The van der Waals surface area contributed by atoms with Gasteiger partial charge in [-0.1, -0.05) is 266 Å². The molecule has 0 aliphatic carbocycles. The molecule has 17 nitrogen and oxygen atoms in total. The van der Waals surface area contributed by atoms with E-state index in [-0.39, 0.29) is 25.7 Å². The first-order chi connectivity index (χ1) is 39.9. The monoisotopic (exact) mass is 1230 g/mol. The number of carbonyl (C=O) groups is 4. The summed E-state index contributed by atoms with van der Waals surface area (Å²) in [6.07, 6.45) is 39.0. The van der Waals surface area contributed by atoms with Crippen LogP contribution in [0.5, 0.6) is 0 Å². The molecule has 0 aliphatic heterocycles. The third-order valence-corrected chi connectivity index (χ3v) is 17.0. The molecule has 0 saturated heterocycles. The Morgan fingerprint density at radius 2 is 0.614 bits per heavy atom. The van der Waals surface area contributed by atoms with Crippen molar-refractivity contribution in [1.29, 1.82) is 0 Å². The van der Waals surface area contributed by atoms with Crippen LogP contribution in [0.3, 0.4) is 0 Å². The van der Waals surface area contributed by atoms with E-state index in [1.54, 1.807) is 0 Å². The minimum absolute atomic E-state index is 0.105. The fourth-order valence-corrected chi connectivity index (χ4v) is 11.1. The van der Waals surface area contributed by atoms with E-state index in [4.69, 9.17) is 37.0 Å². The van der Waals surface area contributed by atoms with Crippen LogP contribution < -0.4 is 0 Å². The Bertz CT molecular complexity index is 1630. The van der Waals surface area contributed by atoms with Crippen molar-refractivity contribution in [2.45, 2.75) is 336 Å². The fraction of sp³-hybridized carbons (Fsp3) is 0.938. The normalized spacial score (nSPS) is 14.6. The molecule has 19 heteroatoms. The minimum atomic E-state index is -4.94. The van der Waals surface area contributed by atoms with E-state index in [9.17, 15) is 43.2 Å². The number of aliphatic hydroxyl groups excluding tert-OH is 1. The second kappa shape index (κ2) is 56.6. The molecular formula is C64H124O17P2. The fourth-order valence-electron chi connectivity index (χ4n) is 9.50. The van der Waals surface area contributed by atoms with Crippen molar-refractivity contribution in [1.82, 2.24) is 0 Å². The summed E-state index contributed by atoms with van der Waals surface area (Å²) in [5.74, 6) is -0.620. The van der Waals surface area contributed by atoms with E-state index in [0.717, 1.165) is 115 Å². The Balaban J connectivity index is 5.20. The molecule has 0 radical (unpaired) electrons. The largest absolute Gasteiger partial charge is 0.472 e. The zero-order valence-corrected chi connectivity index (χ0v) is 55.3. The molecular weight excluding hydrogens is 1100 g/mol. The Morgan fingerprint density at radius 3 is 0.916 bits per heavy atom. The number of hydrogen-bond acceptors (Lipinski definition) is 15. The number of hydrogen-bond donors (Lipinski definition) is 3. The lowest BCUT2D eigenvalue weighted by Gasteiger charge is -2.21. The van der Waals surface area contributed by atoms with Crippen molar-refractivity contribution >= 4 is 39.5 Å². The van der Waals surface area contributed by atoms with Gasteiger partial charge in [-0.2, -0.15) is 0 Å². The van der Waals surface area contributed by atoms with Crippen LogP contribution in [0.15, 0.2) is 0 Å². The predicted octanol–water partition coefficient (Wildman–Crippen LogP) is 17.7. The van der Waals surface area contributed by atoms with Crippen LogP contribution in [-0.2, 0) is 65.4 Å². The summed E-state index contributed by atoms with van der Waals surface area (Å²) in [5.41, 5.74) is 0. The lowest BCUT2D eigenvalue weighted by Crippen LogP contribution is -2.30. The van der Waals surface area contributed by atoms with Gasteiger partial charge in [-0.3, -0.25) is 37.3 Å². The smallest absolute Gasteiger partial charge is 0.462 e. The maximum Gasteiger partial charge on any atom is 0.472 e. The lowest BCUT2D eigenvalue weighted by molar-refractivity contribution is -0.161. The number of rotatable bonds is 63. The standard InChI is InChI=1S/C64H124O17P2/c1-7-10-12-14-16-23-28-36-42-48-63(68)80-59(52-74-61(66)46-40-34-27-17-15-13-11-8-2)54-78-82(70,71)76-50-58(65)51-77-83(72,73)79-55-60(53-75-62(67)47-41-35-31-30-33-39-45-57(6)9-3)81-64(69)49-43-37-29-25-22-20-18-19-21-24-26-32-38-44-56(4)5/h56-60,65H,7-55H2,1-6H3,(H,70,71)(H,72,73)/t57?,58-,59+,60+/m0/s1. The molecule has 0 rings (SSSR count). The summed E-state index contributed by atoms with van der Waals surface area (Å²) >= 11 is 0. The molecule has 0 saturated carbocycles. The van der Waals surface area contributed by atoms with Crippen LogP contribution in [0.25, 0.3) is 0 Å². The topological polar surface area (TPSA) is 237 Å². The molecule has 0 bridgehead atoms. The van der Waals surface area contributed by atoms with Gasteiger partial charge in [0.2, 0.25) is 0 Å². The maximum absolute atomic E-state index is 13.0. The SMILES string of the molecule is CCCCCCCCCCCC(=O)O[C@H](COC(=O)CCCCCCCCCC)COP(=O)(O)OC[C@H](O)COP(=O)(O)OC[C@@H](COC(=O)CCCCCCCCC(C)CC)OC(=O)CCCCCCCCCCCCCCCC(C)C. The molecule has 0 aromatic rings. The van der Waals surface area contributed by atoms with E-state index in [1.165, 1.54) is 122 Å². The van der Waals surface area contributed by atoms with Crippen LogP contribution in [0.2, 0.25) is 0 Å². The van der Waals surface area contributed by atoms with Gasteiger partial charge in [0.1, 0.15) is 19.3 Å². The predicted molar refractivity (Wildman–Crippen MR) is 331 cm³/mol. The number of aliphatic hydroxyl groups is 1. The zero-order chi connectivity index (χ0) is 61.5. The van der Waals surface area contributed by atoms with Crippen molar-refractivity contribution in [3.05, 3.63) is 0 Å². The molecule has 3 unspecified atom stereocenters. The molecule has 0 aliphatic rings. The van der Waals surface area contributed by atoms with Gasteiger partial charge >= 0.3 is 39.5 Å². The highest BCUT2D eigenvalue weighted by Crippen LogP contribution is 2.45. The van der Waals surface area contributed by atoms with Gasteiger partial charge < -0.3 is 33.8 Å². The third kappa shape index (κ3) is 57.6. The summed E-state index contributed by atoms with van der Waals surface area (Å²) in [7, 11) is -9.88. The van der Waals surface area contributed by atoms with E-state index >= 15 is 0 Å². The quantitative estimate of drug-likeness (QED) is 0.0222. The maximum atomic E-state index is 13.0. The van der Waals surface area contributed by atoms with Crippen LogP contribution in [0.4, 0.5) is 0 Å². The Labute approximate surface area is 505 Å². The first kappa shape index (κ1) is 81.1. The molecule has 0 aromatic carbocycles. The lowest BCUT2D eigenvalue weighted by atomic mass is 10.00. The second-order valence-electron chi connectivity index (χ2n) is 23.9. The van der Waals surface area contributed by atoms with Crippen LogP contribution in [-0.4, -0.2) is 96.7 Å². The van der Waals surface area contributed by atoms with Gasteiger partial charge in [0.25, 0.3) is 0 Å². The van der Waals surface area contributed by atoms with Crippen molar-refractivity contribution in [3.63, 3.8) is 0 Å². The van der Waals surface area contributed by atoms with Crippen molar-refractivity contribution in [2.75, 3.05) is 39.6 Å². The first-order valence-electron chi connectivity index (χ1n) is 33.5. The minimum Gasteiger partial charge on any atom is -0.462 e. The number of ether oxygens (including phenoxy) is 4. The average molecular weight is 1230 g/mol. The van der Waals surface area contributed by atoms with Crippen LogP contribution in [0.1, 0.15) is 318 Å². The van der Waals surface area contributed by atoms with Gasteiger partial charge in [0, 0.05) is 25.7 Å². The zero-order valence-electron chi connectivity index (χ0n) is 53.5. The number of phosphoric acid groups is 2. The summed E-state index contributed by atoms with van der Waals surface area (Å²) in [6, 6.07) is 0. The molecule has 83 heavy (non-hydrogen) atoms. The summed E-state index contributed by atoms with van der Waals surface area (Å²) in [5, 5.41) is 10.5. The second-order valence-corrected chi connectivity index (χ2v) is 26.8. The van der Waals surface area contributed by atoms with Crippen LogP contribution >= 0.6 is 15.6 Å². The highest BCUT2D eigenvalue weighted by Gasteiger charge is 2.30. The number of phosphoric ester groups is 2. The third-order valence-electron chi connectivity index (χ3n) is 15.1. The van der Waals surface area contributed by atoms with Gasteiger partial charge in [-0.05, 0) is 37.5 Å². The molecule has 0 spiro atoms. The van der Waals surface area contributed by atoms with E-state index in [0.29, 0.717) is 25.7 Å². The molecule has 0 fully saturated rings. The number of carbonyl (C=O) groups excluding carboxylic acids is 4. The number of esters is 4. The van der Waals surface area contributed by atoms with Crippen LogP contribution in [0, 0.1) is 11.8 Å². The van der Waals surface area contributed by atoms with E-state index < -0.39 is 97.5 Å². The molecule has 492 valence electrons. The molecule has 0 aromatic heterocycles. The van der Waals surface area contributed by atoms with E-state index in [1.807, 2.05) is 0 Å². The molecule has 3 N–H and O–H groups in total. The highest BCUT2D eigenvalue weighted by molar-refractivity contribution is 7.47. The Kier molecular flexibility index (Phi) is 55.2. The Morgan fingerprint density at radius 1 is 0.349 bits per heavy atom. The first-order valence-corrected chi connectivity index (χ1v) is 36.5. The summed E-state index contributed by atoms with van der Waals surface area (Å²) < 4.78 is 67.9. The number of unbranched alkanes of at least 4 members (excludes halogenated alkanes) is 32. The van der Waals surface area contributed by atoms with Gasteiger partial charge in [0.15, 0.2) is 12.2 Å². The van der Waals surface area contributed by atoms with Gasteiger partial charge in [-0.25, -0.2) is 9.13 Å². The Hall–Kier alpha value is -1.94. The van der Waals surface area contributed by atoms with Gasteiger partial charge in [-0.15, -0.1) is 0 Å². The van der Waals surface area contributed by atoms with Crippen molar-refractivity contribution in [2.24, 2.45) is 11.8 Å². The van der Waals surface area contributed by atoms with Gasteiger partial charge in [0.05, 0.1) is 26.4 Å². The summed E-state index contributed by atoms with van der Waals surface area (Å²) in [4.78, 5) is 72.1. The molecule has 6 atom stereocenters. The highest BCUT2D eigenvalue weighted by atomic mass is 31.2. The average Bonchev–Trinajstić information content (AvgIpc) is 3.46. The van der Waals surface area contributed by atoms with Crippen molar-refractivity contribution in [3.8, 4) is 0 Å². The molecule has 0 heterocycles. The van der Waals surface area contributed by atoms with E-state index in [2.05, 4.69) is 41.5 Å². The molecule has 0 amide bonds.